The van der Waals surface area contributed by atoms with Crippen molar-refractivity contribution in [2.45, 2.75) is 30.3 Å². The van der Waals surface area contributed by atoms with Gasteiger partial charge in [-0.3, -0.25) is 14.9 Å². The Bertz CT molecular complexity index is 724. The molecule has 1 aromatic rings. The van der Waals surface area contributed by atoms with E-state index in [0.29, 0.717) is 23.8 Å². The van der Waals surface area contributed by atoms with Gasteiger partial charge in [0.25, 0.3) is 5.24 Å². The van der Waals surface area contributed by atoms with Gasteiger partial charge < -0.3 is 9.80 Å². The molecule has 2 fully saturated rings. The third-order valence-corrected chi connectivity index (χ3v) is 5.79. The normalized spacial score (nSPS) is 23.8. The van der Waals surface area contributed by atoms with Crippen LogP contribution in [0.1, 0.15) is 17.5 Å². The van der Waals surface area contributed by atoms with Gasteiger partial charge in [0.05, 0.1) is 10.8 Å². The number of benzene rings is 1. The number of thioether (sulfide) groups is 1. The van der Waals surface area contributed by atoms with Gasteiger partial charge in [0.2, 0.25) is 5.91 Å². The van der Waals surface area contributed by atoms with Crippen molar-refractivity contribution in [3.05, 3.63) is 29.3 Å². The summed E-state index contributed by atoms with van der Waals surface area (Å²) in [5.41, 5.74) is 0.408. The second kappa shape index (κ2) is 7.11. The number of nitrogens with zero attached hydrogens (tertiary/aromatic N) is 2. The standard InChI is InChI=1S/C17H20F3N3O2S/c1-22(2)12-5-6-23(9-12)13-4-3-11(17(18,19)20)7-10(13)8-14-15(24)21-16(25)26-14/h3-4,7,12,14H,5-6,8-9H2,1-2H3,(H,21,24,25)/t12-,14?/m0/s1. The lowest BCUT2D eigenvalue weighted by atomic mass is 10.0. The molecule has 1 unspecified atom stereocenters. The molecule has 0 radical (unpaired) electrons. The number of hydrogen-bond donors (Lipinski definition) is 1. The van der Waals surface area contributed by atoms with Gasteiger partial charge in [0, 0.05) is 24.8 Å². The monoisotopic (exact) mass is 387 g/mol. The van der Waals surface area contributed by atoms with Crippen LogP contribution >= 0.6 is 11.8 Å². The highest BCUT2D eigenvalue weighted by Crippen LogP contribution is 2.36. The molecule has 0 saturated carbocycles. The Kier molecular flexibility index (Phi) is 5.21. The zero-order valence-electron chi connectivity index (χ0n) is 14.5. The van der Waals surface area contributed by atoms with Crippen molar-refractivity contribution in [2.24, 2.45) is 0 Å². The second-order valence-corrected chi connectivity index (χ2v) is 7.96. The molecular formula is C17H20F3N3O2S. The van der Waals surface area contributed by atoms with Gasteiger partial charge in [-0.15, -0.1) is 0 Å². The fraction of sp³-hybridized carbons (Fsp3) is 0.529. The molecule has 1 N–H and O–H groups in total. The fourth-order valence-corrected chi connectivity index (χ4v) is 4.19. The third kappa shape index (κ3) is 3.98. The van der Waals surface area contributed by atoms with E-state index in [1.807, 2.05) is 14.1 Å². The molecule has 2 aliphatic rings. The summed E-state index contributed by atoms with van der Waals surface area (Å²) in [5, 5.41) is 1.03. The minimum absolute atomic E-state index is 0.0879. The summed E-state index contributed by atoms with van der Waals surface area (Å²) in [4.78, 5) is 27.4. The highest BCUT2D eigenvalue weighted by molar-refractivity contribution is 8.15. The molecule has 0 aromatic heterocycles. The highest BCUT2D eigenvalue weighted by Gasteiger charge is 2.36. The number of likely N-dealkylation sites (N-methyl/N-ethyl adjacent to an activating group) is 1. The largest absolute Gasteiger partial charge is 0.416 e. The maximum atomic E-state index is 13.1. The summed E-state index contributed by atoms with van der Waals surface area (Å²) in [6.07, 6.45) is -3.44. The molecule has 0 bridgehead atoms. The first-order valence-corrected chi connectivity index (χ1v) is 9.16. The van der Waals surface area contributed by atoms with Crippen LogP contribution in [0.3, 0.4) is 0 Å². The Morgan fingerprint density at radius 2 is 2.04 bits per heavy atom. The Morgan fingerprint density at radius 1 is 1.31 bits per heavy atom. The van der Waals surface area contributed by atoms with Gasteiger partial charge in [0.1, 0.15) is 0 Å². The van der Waals surface area contributed by atoms with Crippen molar-refractivity contribution in [1.82, 2.24) is 10.2 Å². The molecule has 2 amide bonds. The number of carbonyl (C=O) groups is 2. The molecule has 9 heteroatoms. The molecular weight excluding hydrogens is 367 g/mol. The quantitative estimate of drug-likeness (QED) is 0.861. The molecule has 2 atom stereocenters. The number of nitrogens with one attached hydrogen (secondary N) is 1. The van der Waals surface area contributed by atoms with E-state index >= 15 is 0 Å². The molecule has 2 aliphatic heterocycles. The van der Waals surface area contributed by atoms with Crippen LogP contribution in [0.15, 0.2) is 18.2 Å². The number of hydrogen-bond acceptors (Lipinski definition) is 5. The number of halogens is 3. The average molecular weight is 387 g/mol. The van der Waals surface area contributed by atoms with E-state index in [9.17, 15) is 22.8 Å². The Hall–Kier alpha value is -1.74. The van der Waals surface area contributed by atoms with Crippen molar-refractivity contribution >= 4 is 28.6 Å². The van der Waals surface area contributed by atoms with Crippen LogP contribution in [0.25, 0.3) is 0 Å². The SMILES string of the molecule is CN(C)[C@H]1CCN(c2ccc(C(F)(F)F)cc2CC2SC(=O)NC2=O)C1. The predicted molar refractivity (Wildman–Crippen MR) is 94.4 cm³/mol. The van der Waals surface area contributed by atoms with Gasteiger partial charge in [-0.2, -0.15) is 13.2 Å². The lowest BCUT2D eigenvalue weighted by Crippen LogP contribution is -2.32. The number of amides is 2. The Labute approximate surface area is 153 Å². The van der Waals surface area contributed by atoms with E-state index < -0.39 is 28.1 Å². The zero-order valence-corrected chi connectivity index (χ0v) is 15.3. The van der Waals surface area contributed by atoms with Crippen LogP contribution in [-0.4, -0.2) is 54.5 Å². The van der Waals surface area contributed by atoms with Crippen molar-refractivity contribution < 1.29 is 22.8 Å². The van der Waals surface area contributed by atoms with Gasteiger partial charge in [0.15, 0.2) is 0 Å². The number of imide groups is 1. The smallest absolute Gasteiger partial charge is 0.370 e. The molecule has 2 heterocycles. The van der Waals surface area contributed by atoms with Crippen LogP contribution in [0, 0.1) is 0 Å². The van der Waals surface area contributed by atoms with Gasteiger partial charge in [-0.25, -0.2) is 0 Å². The molecule has 1 aromatic carbocycles. The molecule has 5 nitrogen and oxygen atoms in total. The van der Waals surface area contributed by atoms with Crippen LogP contribution < -0.4 is 10.2 Å². The summed E-state index contributed by atoms with van der Waals surface area (Å²) >= 11 is 0.831. The summed E-state index contributed by atoms with van der Waals surface area (Å²) in [6.45, 7) is 1.46. The van der Waals surface area contributed by atoms with E-state index in [0.717, 1.165) is 36.9 Å². The first-order chi connectivity index (χ1) is 12.1. The number of alkyl halides is 3. The Balaban J connectivity index is 1.91. The van der Waals surface area contributed by atoms with E-state index in [2.05, 4.69) is 15.1 Å². The average Bonchev–Trinajstić information content (AvgIpc) is 3.14. The molecule has 0 spiro atoms. The predicted octanol–water partition coefficient (Wildman–Crippen LogP) is 2.74. The van der Waals surface area contributed by atoms with Crippen molar-refractivity contribution in [3.63, 3.8) is 0 Å². The third-order valence-electron chi connectivity index (χ3n) is 4.81. The number of carbonyl (C=O) groups excluding carboxylic acids is 2. The lowest BCUT2D eigenvalue weighted by molar-refractivity contribution is -0.137. The van der Waals surface area contributed by atoms with E-state index in [4.69, 9.17) is 0 Å². The van der Waals surface area contributed by atoms with E-state index in [1.165, 1.54) is 6.07 Å². The van der Waals surface area contributed by atoms with Crippen molar-refractivity contribution in [2.75, 3.05) is 32.1 Å². The van der Waals surface area contributed by atoms with E-state index in [1.54, 1.807) is 0 Å². The summed E-state index contributed by atoms with van der Waals surface area (Å²) in [5.74, 6) is -0.448. The maximum Gasteiger partial charge on any atom is 0.416 e. The molecule has 142 valence electrons. The fourth-order valence-electron chi connectivity index (χ4n) is 3.34. The van der Waals surface area contributed by atoms with Crippen LogP contribution in [0.2, 0.25) is 0 Å². The lowest BCUT2D eigenvalue weighted by Gasteiger charge is -2.25. The Morgan fingerprint density at radius 3 is 2.58 bits per heavy atom. The zero-order chi connectivity index (χ0) is 19.1. The van der Waals surface area contributed by atoms with Crippen LogP contribution in [0.5, 0.6) is 0 Å². The molecule has 2 saturated heterocycles. The second-order valence-electron chi connectivity index (χ2n) is 6.78. The maximum absolute atomic E-state index is 13.1. The van der Waals surface area contributed by atoms with Crippen LogP contribution in [-0.2, 0) is 17.4 Å². The minimum Gasteiger partial charge on any atom is -0.370 e. The van der Waals surface area contributed by atoms with Crippen molar-refractivity contribution in [1.29, 1.82) is 0 Å². The van der Waals surface area contributed by atoms with E-state index in [-0.39, 0.29) is 6.42 Å². The summed E-state index contributed by atoms with van der Waals surface area (Å²) in [7, 11) is 3.96. The highest BCUT2D eigenvalue weighted by atomic mass is 32.2. The minimum atomic E-state index is -4.45. The summed E-state index contributed by atoms with van der Waals surface area (Å²) < 4.78 is 39.4. The van der Waals surface area contributed by atoms with Gasteiger partial charge >= 0.3 is 6.18 Å². The number of rotatable bonds is 4. The van der Waals surface area contributed by atoms with Gasteiger partial charge in [-0.1, -0.05) is 11.8 Å². The van der Waals surface area contributed by atoms with Gasteiger partial charge in [-0.05, 0) is 50.7 Å². The molecule has 3 rings (SSSR count). The summed E-state index contributed by atoms with van der Waals surface area (Å²) in [6, 6.07) is 4.00. The molecule has 0 aliphatic carbocycles. The number of anilines is 1. The topological polar surface area (TPSA) is 52.6 Å². The molecule has 26 heavy (non-hydrogen) atoms. The first kappa shape index (κ1) is 19.0. The van der Waals surface area contributed by atoms with Crippen molar-refractivity contribution in [3.8, 4) is 0 Å². The van der Waals surface area contributed by atoms with Crippen LogP contribution in [0.4, 0.5) is 23.7 Å². The first-order valence-electron chi connectivity index (χ1n) is 8.28.